The Bertz CT molecular complexity index is 1050. The number of amides is 1. The average molecular weight is 361 g/mol. The van der Waals surface area contributed by atoms with Gasteiger partial charge in [-0.05, 0) is 19.1 Å². The molecule has 1 aromatic carbocycles. The van der Waals surface area contributed by atoms with Gasteiger partial charge < -0.3 is 14.3 Å². The maximum absolute atomic E-state index is 12.5. The number of hydrogen-bond donors (Lipinski definition) is 1. The molecule has 1 amide bonds. The van der Waals surface area contributed by atoms with E-state index >= 15 is 0 Å². The summed E-state index contributed by atoms with van der Waals surface area (Å²) in [6.07, 6.45) is 5.14. The summed E-state index contributed by atoms with van der Waals surface area (Å²) in [4.78, 5) is 16.9. The Balaban J connectivity index is 1.46. The molecule has 0 spiro atoms. The van der Waals surface area contributed by atoms with E-state index in [4.69, 9.17) is 4.42 Å². The average Bonchev–Trinajstić information content (AvgIpc) is 3.39. The standard InChI is InChI=1S/C20H19N5O2/c1-15-7-8-17(27-15)13-25-18(9-10-22-25)23-19(26)14-24-12-11-21-20(24)16-5-3-2-4-6-16/h2-12H,13-14H2,1H3,(H,23,26). The smallest absolute Gasteiger partial charge is 0.245 e. The third-order valence-corrected chi connectivity index (χ3v) is 4.15. The van der Waals surface area contributed by atoms with Gasteiger partial charge in [0.1, 0.15) is 36.3 Å². The van der Waals surface area contributed by atoms with E-state index in [1.807, 2.05) is 54.0 Å². The minimum atomic E-state index is -0.150. The van der Waals surface area contributed by atoms with E-state index in [1.54, 1.807) is 29.3 Å². The maximum atomic E-state index is 12.5. The topological polar surface area (TPSA) is 77.9 Å². The number of aromatic nitrogens is 4. The van der Waals surface area contributed by atoms with Crippen LogP contribution in [0.15, 0.2) is 71.5 Å². The summed E-state index contributed by atoms with van der Waals surface area (Å²) >= 11 is 0. The summed E-state index contributed by atoms with van der Waals surface area (Å²) in [5.74, 6) is 2.85. The zero-order valence-electron chi connectivity index (χ0n) is 14.9. The van der Waals surface area contributed by atoms with Gasteiger partial charge in [0.25, 0.3) is 0 Å². The molecule has 0 unspecified atom stereocenters. The lowest BCUT2D eigenvalue weighted by Gasteiger charge is -2.10. The molecule has 0 radical (unpaired) electrons. The SMILES string of the molecule is Cc1ccc(Cn2nccc2NC(=O)Cn2ccnc2-c2ccccc2)o1. The zero-order chi connectivity index (χ0) is 18.6. The summed E-state index contributed by atoms with van der Waals surface area (Å²) in [5, 5.41) is 7.16. The van der Waals surface area contributed by atoms with Crippen LogP contribution in [0.3, 0.4) is 0 Å². The van der Waals surface area contributed by atoms with E-state index in [2.05, 4.69) is 15.4 Å². The van der Waals surface area contributed by atoms with Gasteiger partial charge >= 0.3 is 0 Å². The number of hydrogen-bond acceptors (Lipinski definition) is 4. The molecule has 4 aromatic rings. The molecular weight excluding hydrogens is 342 g/mol. The van der Waals surface area contributed by atoms with E-state index in [0.29, 0.717) is 12.4 Å². The number of anilines is 1. The van der Waals surface area contributed by atoms with Crippen molar-refractivity contribution < 1.29 is 9.21 Å². The van der Waals surface area contributed by atoms with E-state index in [1.165, 1.54) is 0 Å². The first-order valence-electron chi connectivity index (χ1n) is 8.62. The molecule has 0 bridgehead atoms. The van der Waals surface area contributed by atoms with Gasteiger partial charge in [-0.25, -0.2) is 9.67 Å². The van der Waals surface area contributed by atoms with Crippen molar-refractivity contribution in [2.45, 2.75) is 20.0 Å². The Morgan fingerprint density at radius 1 is 1.11 bits per heavy atom. The quantitative estimate of drug-likeness (QED) is 0.571. The van der Waals surface area contributed by atoms with E-state index < -0.39 is 0 Å². The van der Waals surface area contributed by atoms with Crippen LogP contribution >= 0.6 is 0 Å². The van der Waals surface area contributed by atoms with Crippen LogP contribution in [0.25, 0.3) is 11.4 Å². The second-order valence-electron chi connectivity index (χ2n) is 6.18. The molecule has 3 aromatic heterocycles. The predicted molar refractivity (Wildman–Crippen MR) is 101 cm³/mol. The Hall–Kier alpha value is -3.61. The summed E-state index contributed by atoms with van der Waals surface area (Å²) in [6, 6.07) is 15.4. The summed E-state index contributed by atoms with van der Waals surface area (Å²) < 4.78 is 9.10. The lowest BCUT2D eigenvalue weighted by molar-refractivity contribution is -0.116. The second-order valence-corrected chi connectivity index (χ2v) is 6.18. The fraction of sp³-hybridized carbons (Fsp3) is 0.150. The highest BCUT2D eigenvalue weighted by Crippen LogP contribution is 2.17. The van der Waals surface area contributed by atoms with Crippen molar-refractivity contribution in [1.82, 2.24) is 19.3 Å². The Morgan fingerprint density at radius 3 is 2.74 bits per heavy atom. The van der Waals surface area contributed by atoms with Crippen molar-refractivity contribution >= 4 is 11.7 Å². The van der Waals surface area contributed by atoms with Gasteiger partial charge in [-0.3, -0.25) is 4.79 Å². The van der Waals surface area contributed by atoms with Crippen LogP contribution in [0.2, 0.25) is 0 Å². The first-order valence-corrected chi connectivity index (χ1v) is 8.62. The number of imidazole rings is 1. The number of rotatable bonds is 6. The van der Waals surface area contributed by atoms with Crippen molar-refractivity contribution in [1.29, 1.82) is 0 Å². The van der Waals surface area contributed by atoms with Gasteiger partial charge in [0.15, 0.2) is 0 Å². The van der Waals surface area contributed by atoms with Gasteiger partial charge in [-0.2, -0.15) is 5.10 Å². The van der Waals surface area contributed by atoms with Crippen molar-refractivity contribution in [2.24, 2.45) is 0 Å². The molecule has 0 fully saturated rings. The molecular formula is C20H19N5O2. The number of carbonyl (C=O) groups is 1. The first-order chi connectivity index (χ1) is 13.2. The third-order valence-electron chi connectivity index (χ3n) is 4.15. The van der Waals surface area contributed by atoms with Crippen LogP contribution in [-0.4, -0.2) is 25.2 Å². The number of carbonyl (C=O) groups excluding carboxylic acids is 1. The summed E-state index contributed by atoms with van der Waals surface area (Å²) in [5.41, 5.74) is 0.966. The van der Waals surface area contributed by atoms with Crippen molar-refractivity contribution in [3.05, 3.63) is 78.6 Å². The minimum Gasteiger partial charge on any atom is -0.464 e. The molecule has 1 N–H and O–H groups in total. The molecule has 0 saturated heterocycles. The number of nitrogens with zero attached hydrogens (tertiary/aromatic N) is 4. The van der Waals surface area contributed by atoms with Gasteiger partial charge in [-0.15, -0.1) is 0 Å². The molecule has 7 heteroatoms. The number of aryl methyl sites for hydroxylation is 1. The van der Waals surface area contributed by atoms with Crippen LogP contribution in [0.5, 0.6) is 0 Å². The Morgan fingerprint density at radius 2 is 1.96 bits per heavy atom. The molecule has 4 rings (SSSR count). The zero-order valence-corrected chi connectivity index (χ0v) is 14.9. The van der Waals surface area contributed by atoms with Gasteiger partial charge in [-0.1, -0.05) is 30.3 Å². The highest BCUT2D eigenvalue weighted by Gasteiger charge is 2.12. The molecule has 0 atom stereocenters. The van der Waals surface area contributed by atoms with Crippen molar-refractivity contribution in [3.63, 3.8) is 0 Å². The summed E-state index contributed by atoms with van der Waals surface area (Å²) in [7, 11) is 0. The van der Waals surface area contributed by atoms with Crippen LogP contribution in [-0.2, 0) is 17.9 Å². The molecule has 136 valence electrons. The van der Waals surface area contributed by atoms with Crippen molar-refractivity contribution in [3.8, 4) is 11.4 Å². The fourth-order valence-electron chi connectivity index (χ4n) is 2.90. The number of nitrogens with one attached hydrogen (secondary N) is 1. The lowest BCUT2D eigenvalue weighted by atomic mass is 10.2. The van der Waals surface area contributed by atoms with Crippen LogP contribution in [0.1, 0.15) is 11.5 Å². The van der Waals surface area contributed by atoms with Gasteiger partial charge in [0, 0.05) is 24.0 Å². The normalized spacial score (nSPS) is 10.9. The highest BCUT2D eigenvalue weighted by molar-refractivity contribution is 5.90. The molecule has 3 heterocycles. The molecule has 0 aliphatic carbocycles. The van der Waals surface area contributed by atoms with Gasteiger partial charge in [0.2, 0.25) is 5.91 Å². The lowest BCUT2D eigenvalue weighted by Crippen LogP contribution is -2.21. The van der Waals surface area contributed by atoms with Gasteiger partial charge in [0.05, 0.1) is 6.20 Å². The van der Waals surface area contributed by atoms with E-state index in [0.717, 1.165) is 22.9 Å². The molecule has 7 nitrogen and oxygen atoms in total. The first kappa shape index (κ1) is 16.8. The fourth-order valence-corrected chi connectivity index (χ4v) is 2.90. The van der Waals surface area contributed by atoms with Crippen LogP contribution in [0.4, 0.5) is 5.82 Å². The van der Waals surface area contributed by atoms with Crippen LogP contribution in [0, 0.1) is 6.92 Å². The molecule has 0 aliphatic rings. The molecule has 0 aliphatic heterocycles. The Kier molecular flexibility index (Phi) is 4.57. The maximum Gasteiger partial charge on any atom is 0.245 e. The monoisotopic (exact) mass is 361 g/mol. The Labute approximate surface area is 156 Å². The number of furan rings is 1. The summed E-state index contributed by atoms with van der Waals surface area (Å²) in [6.45, 7) is 2.51. The minimum absolute atomic E-state index is 0.150. The van der Waals surface area contributed by atoms with Crippen LogP contribution < -0.4 is 5.32 Å². The molecule has 0 saturated carbocycles. The number of benzene rings is 1. The molecule has 27 heavy (non-hydrogen) atoms. The van der Waals surface area contributed by atoms with E-state index in [-0.39, 0.29) is 12.5 Å². The third kappa shape index (κ3) is 3.82. The van der Waals surface area contributed by atoms with E-state index in [9.17, 15) is 4.79 Å². The highest BCUT2D eigenvalue weighted by atomic mass is 16.3. The second kappa shape index (κ2) is 7.33. The largest absolute Gasteiger partial charge is 0.464 e. The van der Waals surface area contributed by atoms with Crippen molar-refractivity contribution in [2.75, 3.05) is 5.32 Å². The predicted octanol–water partition coefficient (Wildman–Crippen LogP) is 3.34.